The Morgan fingerprint density at radius 3 is 2.35 bits per heavy atom. The Labute approximate surface area is 120 Å². The first-order valence-electron chi connectivity index (χ1n) is 6.98. The normalized spacial score (nSPS) is 10.3. The molecule has 1 aromatic carbocycles. The van der Waals surface area contributed by atoms with Gasteiger partial charge in [0.2, 0.25) is 0 Å². The van der Waals surface area contributed by atoms with Crippen molar-refractivity contribution >= 4 is 22.9 Å². The van der Waals surface area contributed by atoms with Crippen LogP contribution in [0.25, 0.3) is 0 Å². The highest BCUT2D eigenvalue weighted by Gasteiger charge is 2.03. The van der Waals surface area contributed by atoms with Crippen molar-refractivity contribution in [3.63, 3.8) is 0 Å². The number of nitrogens with one attached hydrogen (secondary N) is 1. The van der Waals surface area contributed by atoms with Gasteiger partial charge >= 0.3 is 0 Å². The highest BCUT2D eigenvalue weighted by molar-refractivity contribution is 5.63. The van der Waals surface area contributed by atoms with E-state index in [0.717, 1.165) is 30.2 Å². The number of nitrogens with two attached hydrogens (primary N) is 1. The number of nitrogen functional groups attached to an aromatic ring is 1. The molecule has 0 radical (unpaired) electrons. The van der Waals surface area contributed by atoms with Gasteiger partial charge in [-0.2, -0.15) is 0 Å². The van der Waals surface area contributed by atoms with Crippen molar-refractivity contribution in [3.8, 4) is 0 Å². The molecular formula is C16H22N4. The summed E-state index contributed by atoms with van der Waals surface area (Å²) in [5.41, 5.74) is 9.70. The summed E-state index contributed by atoms with van der Waals surface area (Å²) in [6, 6.07) is 10.3. The molecule has 0 atom stereocenters. The second-order valence-electron chi connectivity index (χ2n) is 4.78. The van der Waals surface area contributed by atoms with Crippen molar-refractivity contribution in [2.45, 2.75) is 20.8 Å². The predicted molar refractivity (Wildman–Crippen MR) is 86.7 cm³/mol. The van der Waals surface area contributed by atoms with E-state index >= 15 is 0 Å². The Morgan fingerprint density at radius 1 is 1.15 bits per heavy atom. The third kappa shape index (κ3) is 3.20. The van der Waals surface area contributed by atoms with Crippen LogP contribution in [0, 0.1) is 6.92 Å². The molecule has 4 nitrogen and oxygen atoms in total. The molecule has 0 amide bonds. The summed E-state index contributed by atoms with van der Waals surface area (Å²) in [5, 5.41) is 3.32. The molecular weight excluding hydrogens is 248 g/mol. The van der Waals surface area contributed by atoms with Crippen LogP contribution in [-0.4, -0.2) is 18.1 Å². The zero-order valence-electron chi connectivity index (χ0n) is 12.4. The molecule has 20 heavy (non-hydrogen) atoms. The van der Waals surface area contributed by atoms with Gasteiger partial charge in [-0.25, -0.2) is 4.98 Å². The van der Waals surface area contributed by atoms with Gasteiger partial charge in [0.05, 0.1) is 11.9 Å². The predicted octanol–water partition coefficient (Wildman–Crippen LogP) is 3.56. The second kappa shape index (κ2) is 6.28. The van der Waals surface area contributed by atoms with E-state index in [-0.39, 0.29) is 0 Å². The molecule has 0 aliphatic rings. The molecule has 0 saturated carbocycles. The molecule has 1 heterocycles. The molecule has 0 unspecified atom stereocenters. The number of hydrogen-bond donors (Lipinski definition) is 2. The first-order chi connectivity index (χ1) is 9.63. The molecule has 0 aliphatic carbocycles. The van der Waals surface area contributed by atoms with Gasteiger partial charge in [-0.05, 0) is 56.7 Å². The highest BCUT2D eigenvalue weighted by Crippen LogP contribution is 2.22. The number of aryl methyl sites for hydroxylation is 1. The summed E-state index contributed by atoms with van der Waals surface area (Å²) in [5.74, 6) is 0.842. The fraction of sp³-hybridized carbons (Fsp3) is 0.312. The van der Waals surface area contributed by atoms with Crippen LogP contribution in [0.2, 0.25) is 0 Å². The van der Waals surface area contributed by atoms with E-state index in [0.29, 0.717) is 5.69 Å². The topological polar surface area (TPSA) is 54.2 Å². The van der Waals surface area contributed by atoms with Crippen LogP contribution in [-0.2, 0) is 0 Å². The molecule has 3 N–H and O–H groups in total. The van der Waals surface area contributed by atoms with Crippen molar-refractivity contribution in [2.75, 3.05) is 29.0 Å². The van der Waals surface area contributed by atoms with Crippen molar-refractivity contribution in [1.82, 2.24) is 4.98 Å². The molecule has 1 aromatic heterocycles. The Bertz CT molecular complexity index is 559. The Balaban J connectivity index is 2.14. The minimum Gasteiger partial charge on any atom is -0.397 e. The lowest BCUT2D eigenvalue weighted by Gasteiger charge is -2.21. The molecule has 2 aromatic rings. The number of hydrogen-bond acceptors (Lipinski definition) is 4. The lowest BCUT2D eigenvalue weighted by Crippen LogP contribution is -2.21. The maximum absolute atomic E-state index is 5.71. The SMILES string of the molecule is CCN(CC)c1ccc(Nc2ncc(N)cc2C)cc1. The summed E-state index contributed by atoms with van der Waals surface area (Å²) in [6.07, 6.45) is 1.67. The van der Waals surface area contributed by atoms with E-state index in [1.807, 2.05) is 13.0 Å². The van der Waals surface area contributed by atoms with E-state index in [9.17, 15) is 0 Å². The van der Waals surface area contributed by atoms with E-state index in [1.165, 1.54) is 5.69 Å². The maximum atomic E-state index is 5.71. The van der Waals surface area contributed by atoms with Crippen LogP contribution in [0.5, 0.6) is 0 Å². The minimum atomic E-state index is 0.685. The zero-order chi connectivity index (χ0) is 14.5. The maximum Gasteiger partial charge on any atom is 0.133 e. The van der Waals surface area contributed by atoms with Gasteiger partial charge in [0.25, 0.3) is 0 Å². The molecule has 106 valence electrons. The van der Waals surface area contributed by atoms with Crippen LogP contribution in [0.1, 0.15) is 19.4 Å². The van der Waals surface area contributed by atoms with Crippen LogP contribution in [0.3, 0.4) is 0 Å². The zero-order valence-corrected chi connectivity index (χ0v) is 12.4. The van der Waals surface area contributed by atoms with Crippen molar-refractivity contribution in [1.29, 1.82) is 0 Å². The number of nitrogens with zero attached hydrogens (tertiary/aromatic N) is 2. The Morgan fingerprint density at radius 2 is 1.80 bits per heavy atom. The van der Waals surface area contributed by atoms with Gasteiger partial charge in [0.15, 0.2) is 0 Å². The van der Waals surface area contributed by atoms with Crippen molar-refractivity contribution in [3.05, 3.63) is 42.1 Å². The summed E-state index contributed by atoms with van der Waals surface area (Å²) in [6.45, 7) is 8.36. The lowest BCUT2D eigenvalue weighted by atomic mass is 10.2. The molecule has 2 rings (SSSR count). The molecule has 0 bridgehead atoms. The minimum absolute atomic E-state index is 0.685. The van der Waals surface area contributed by atoms with Crippen molar-refractivity contribution in [2.24, 2.45) is 0 Å². The van der Waals surface area contributed by atoms with Crippen molar-refractivity contribution < 1.29 is 0 Å². The monoisotopic (exact) mass is 270 g/mol. The number of rotatable bonds is 5. The summed E-state index contributed by atoms with van der Waals surface area (Å²) in [4.78, 5) is 6.63. The van der Waals surface area contributed by atoms with E-state index in [2.05, 4.69) is 53.3 Å². The van der Waals surface area contributed by atoms with E-state index in [4.69, 9.17) is 5.73 Å². The molecule has 0 saturated heterocycles. The largest absolute Gasteiger partial charge is 0.397 e. The van der Waals surface area contributed by atoms with Gasteiger partial charge in [-0.3, -0.25) is 0 Å². The summed E-state index contributed by atoms with van der Waals surface area (Å²) < 4.78 is 0. The highest BCUT2D eigenvalue weighted by atomic mass is 15.1. The number of anilines is 4. The van der Waals surface area contributed by atoms with Crippen LogP contribution in [0.15, 0.2) is 36.5 Å². The fourth-order valence-electron chi connectivity index (χ4n) is 2.21. The van der Waals surface area contributed by atoms with Gasteiger partial charge in [-0.15, -0.1) is 0 Å². The third-order valence-electron chi connectivity index (χ3n) is 3.36. The van der Waals surface area contributed by atoms with Crippen LogP contribution >= 0.6 is 0 Å². The molecule has 0 spiro atoms. The fourth-order valence-corrected chi connectivity index (χ4v) is 2.21. The summed E-state index contributed by atoms with van der Waals surface area (Å²) in [7, 11) is 0. The lowest BCUT2D eigenvalue weighted by molar-refractivity contribution is 0.866. The first-order valence-corrected chi connectivity index (χ1v) is 6.98. The Kier molecular flexibility index (Phi) is 4.45. The van der Waals surface area contributed by atoms with E-state index < -0.39 is 0 Å². The van der Waals surface area contributed by atoms with Gasteiger partial charge in [0.1, 0.15) is 5.82 Å². The number of benzene rings is 1. The number of aromatic nitrogens is 1. The first kappa shape index (κ1) is 14.2. The van der Waals surface area contributed by atoms with Crippen LogP contribution < -0.4 is 16.0 Å². The Hall–Kier alpha value is -2.23. The average Bonchev–Trinajstić information content (AvgIpc) is 2.45. The number of pyridine rings is 1. The molecule has 0 aliphatic heterocycles. The standard InChI is InChI=1S/C16H22N4/c1-4-20(5-2)15-8-6-14(7-9-15)19-16-12(3)10-13(17)11-18-16/h6-11H,4-5,17H2,1-3H3,(H,18,19). The van der Waals surface area contributed by atoms with Crippen LogP contribution in [0.4, 0.5) is 22.9 Å². The second-order valence-corrected chi connectivity index (χ2v) is 4.78. The summed E-state index contributed by atoms with van der Waals surface area (Å²) >= 11 is 0. The van der Waals surface area contributed by atoms with E-state index in [1.54, 1.807) is 6.20 Å². The third-order valence-corrected chi connectivity index (χ3v) is 3.36. The smallest absolute Gasteiger partial charge is 0.133 e. The quantitative estimate of drug-likeness (QED) is 0.872. The molecule has 4 heteroatoms. The molecule has 0 fully saturated rings. The average molecular weight is 270 g/mol. The van der Waals surface area contributed by atoms with Gasteiger partial charge < -0.3 is 16.0 Å². The van der Waals surface area contributed by atoms with Gasteiger partial charge in [0, 0.05) is 24.5 Å². The van der Waals surface area contributed by atoms with Gasteiger partial charge in [-0.1, -0.05) is 0 Å².